The van der Waals surface area contributed by atoms with Crippen LogP contribution in [0.1, 0.15) is 24.5 Å². The minimum atomic E-state index is -3.69. The smallest absolute Gasteiger partial charge is 0.261 e. The van der Waals surface area contributed by atoms with Gasteiger partial charge >= 0.3 is 0 Å². The van der Waals surface area contributed by atoms with Crippen molar-refractivity contribution < 1.29 is 16.8 Å². The van der Waals surface area contributed by atoms with E-state index in [-0.39, 0.29) is 10.6 Å². The molecule has 0 bridgehead atoms. The molecular weight excluding hydrogens is 372 g/mol. The summed E-state index contributed by atoms with van der Waals surface area (Å²) in [6.45, 7) is 4.24. The lowest BCUT2D eigenvalue weighted by Gasteiger charge is -2.20. The van der Waals surface area contributed by atoms with Gasteiger partial charge in [0.25, 0.3) is 10.0 Å². The van der Waals surface area contributed by atoms with E-state index in [0.29, 0.717) is 29.9 Å². The minimum Gasteiger partial charge on any atom is -0.280 e. The average Bonchev–Trinajstić information content (AvgIpc) is 2.94. The first kappa shape index (κ1) is 18.7. The summed E-state index contributed by atoms with van der Waals surface area (Å²) in [5, 5.41) is 0. The number of hydrogen-bond donors (Lipinski definition) is 1. The second kappa shape index (κ2) is 6.92. The van der Waals surface area contributed by atoms with Gasteiger partial charge in [0, 0.05) is 12.2 Å². The van der Waals surface area contributed by atoms with Crippen LogP contribution in [0.4, 0.5) is 11.4 Å². The van der Waals surface area contributed by atoms with Gasteiger partial charge in [-0.3, -0.25) is 9.03 Å². The Labute approximate surface area is 155 Å². The summed E-state index contributed by atoms with van der Waals surface area (Å²) in [6.07, 6.45) is 1.44. The Morgan fingerprint density at radius 2 is 1.81 bits per heavy atom. The molecule has 140 valence electrons. The van der Waals surface area contributed by atoms with E-state index >= 15 is 0 Å². The number of anilines is 2. The van der Waals surface area contributed by atoms with Crippen molar-refractivity contribution in [2.75, 3.05) is 21.3 Å². The van der Waals surface area contributed by atoms with Gasteiger partial charge in [-0.25, -0.2) is 16.8 Å². The van der Waals surface area contributed by atoms with Gasteiger partial charge in [-0.2, -0.15) is 0 Å². The van der Waals surface area contributed by atoms with Crippen molar-refractivity contribution in [2.24, 2.45) is 0 Å². The molecule has 0 saturated carbocycles. The van der Waals surface area contributed by atoms with Gasteiger partial charge < -0.3 is 0 Å². The molecule has 0 spiro atoms. The molecule has 0 amide bonds. The van der Waals surface area contributed by atoms with E-state index < -0.39 is 20.0 Å². The van der Waals surface area contributed by atoms with Crippen LogP contribution in [0.5, 0.6) is 0 Å². The lowest BCUT2D eigenvalue weighted by Crippen LogP contribution is -2.25. The summed E-state index contributed by atoms with van der Waals surface area (Å²) < 4.78 is 53.2. The first-order valence-corrected chi connectivity index (χ1v) is 11.5. The fraction of sp³-hybridized carbons (Fsp3) is 0.333. The number of rotatable bonds is 5. The summed E-state index contributed by atoms with van der Waals surface area (Å²) in [6, 6.07) is 11.6. The third-order valence-electron chi connectivity index (χ3n) is 4.46. The Bertz CT molecular complexity index is 1010. The molecule has 1 aliphatic rings. The molecule has 0 unspecified atom stereocenters. The van der Waals surface area contributed by atoms with Crippen LogP contribution in [0, 0.1) is 6.92 Å². The Balaban J connectivity index is 1.85. The molecular formula is C18H22N2O4S2. The van der Waals surface area contributed by atoms with Crippen LogP contribution in [0.3, 0.4) is 0 Å². The lowest BCUT2D eigenvalue weighted by molar-refractivity contribution is 0.598. The van der Waals surface area contributed by atoms with Crippen LogP contribution >= 0.6 is 0 Å². The summed E-state index contributed by atoms with van der Waals surface area (Å²) in [5.74, 6) is 0.147. The summed E-state index contributed by atoms with van der Waals surface area (Å²) in [7, 11) is -6.96. The van der Waals surface area contributed by atoms with Gasteiger partial charge in [0.15, 0.2) is 0 Å². The standard InChI is InChI=1S/C18H22N2O4S2/c1-3-15-5-8-17(9-6-15)26(23,24)19-16-7-10-18(14(2)13-16)20-11-4-12-25(20,21)22/h5-10,13,19H,3-4,11-12H2,1-2H3. The molecule has 0 aliphatic carbocycles. The highest BCUT2D eigenvalue weighted by Gasteiger charge is 2.29. The molecule has 1 aliphatic heterocycles. The van der Waals surface area contributed by atoms with Gasteiger partial charge in [-0.1, -0.05) is 19.1 Å². The Hall–Kier alpha value is -2.06. The summed E-state index contributed by atoms with van der Waals surface area (Å²) >= 11 is 0. The second-order valence-electron chi connectivity index (χ2n) is 6.35. The summed E-state index contributed by atoms with van der Waals surface area (Å²) in [4.78, 5) is 0.193. The summed E-state index contributed by atoms with van der Waals surface area (Å²) in [5.41, 5.74) is 2.77. The van der Waals surface area contributed by atoms with Gasteiger partial charge in [0.2, 0.25) is 10.0 Å². The minimum absolute atomic E-state index is 0.147. The molecule has 8 heteroatoms. The quantitative estimate of drug-likeness (QED) is 0.845. The number of benzene rings is 2. The van der Waals surface area contributed by atoms with Gasteiger partial charge in [-0.15, -0.1) is 0 Å². The van der Waals surface area contributed by atoms with E-state index in [1.54, 1.807) is 49.4 Å². The largest absolute Gasteiger partial charge is 0.280 e. The van der Waals surface area contributed by atoms with Crippen molar-refractivity contribution in [3.63, 3.8) is 0 Å². The monoisotopic (exact) mass is 394 g/mol. The molecule has 1 N–H and O–H groups in total. The average molecular weight is 395 g/mol. The molecule has 0 aromatic heterocycles. The first-order valence-electron chi connectivity index (χ1n) is 8.46. The SMILES string of the molecule is CCc1ccc(S(=O)(=O)Nc2ccc(N3CCCS3(=O)=O)c(C)c2)cc1. The van der Waals surface area contributed by atoms with Crippen molar-refractivity contribution in [3.05, 3.63) is 53.6 Å². The van der Waals surface area contributed by atoms with Crippen LogP contribution in [-0.2, 0) is 26.5 Å². The molecule has 6 nitrogen and oxygen atoms in total. The van der Waals surface area contributed by atoms with Crippen molar-refractivity contribution >= 4 is 31.4 Å². The van der Waals surface area contributed by atoms with E-state index in [9.17, 15) is 16.8 Å². The molecule has 1 fully saturated rings. The van der Waals surface area contributed by atoms with Crippen LogP contribution in [0.15, 0.2) is 47.4 Å². The van der Waals surface area contributed by atoms with Gasteiger partial charge in [0.1, 0.15) is 0 Å². The van der Waals surface area contributed by atoms with Crippen LogP contribution in [-0.4, -0.2) is 29.1 Å². The molecule has 0 atom stereocenters. The zero-order chi connectivity index (χ0) is 18.9. The third-order valence-corrected chi connectivity index (χ3v) is 7.71. The fourth-order valence-electron chi connectivity index (χ4n) is 3.03. The van der Waals surface area contributed by atoms with Crippen LogP contribution in [0.25, 0.3) is 0 Å². The molecule has 2 aromatic carbocycles. The maximum absolute atomic E-state index is 12.5. The molecule has 0 radical (unpaired) electrons. The number of hydrogen-bond acceptors (Lipinski definition) is 4. The van der Waals surface area contributed by atoms with Crippen LogP contribution < -0.4 is 9.03 Å². The molecule has 1 heterocycles. The Morgan fingerprint density at radius 1 is 1.12 bits per heavy atom. The van der Waals surface area contributed by atoms with E-state index in [1.807, 2.05) is 6.92 Å². The predicted molar refractivity (Wildman–Crippen MR) is 104 cm³/mol. The maximum atomic E-state index is 12.5. The Morgan fingerprint density at radius 3 is 2.35 bits per heavy atom. The van der Waals surface area contributed by atoms with Crippen molar-refractivity contribution in [2.45, 2.75) is 31.6 Å². The van der Waals surface area contributed by atoms with Crippen molar-refractivity contribution in [3.8, 4) is 0 Å². The second-order valence-corrected chi connectivity index (χ2v) is 10.0. The number of nitrogens with zero attached hydrogens (tertiary/aromatic N) is 1. The normalized spacial score (nSPS) is 16.6. The Kier molecular flexibility index (Phi) is 4.98. The highest BCUT2D eigenvalue weighted by molar-refractivity contribution is 7.93. The highest BCUT2D eigenvalue weighted by Crippen LogP contribution is 2.30. The highest BCUT2D eigenvalue weighted by atomic mass is 32.2. The predicted octanol–water partition coefficient (Wildman–Crippen LogP) is 2.90. The van der Waals surface area contributed by atoms with Crippen LogP contribution in [0.2, 0.25) is 0 Å². The molecule has 26 heavy (non-hydrogen) atoms. The van der Waals surface area contributed by atoms with Gasteiger partial charge in [-0.05, 0) is 61.2 Å². The van der Waals surface area contributed by atoms with Crippen molar-refractivity contribution in [1.29, 1.82) is 0 Å². The molecule has 1 saturated heterocycles. The lowest BCUT2D eigenvalue weighted by atomic mass is 10.2. The molecule has 3 rings (SSSR count). The first-order chi connectivity index (χ1) is 12.2. The number of sulfonamides is 2. The van der Waals surface area contributed by atoms with E-state index in [4.69, 9.17) is 0 Å². The van der Waals surface area contributed by atoms with E-state index in [1.165, 1.54) is 4.31 Å². The fourth-order valence-corrected chi connectivity index (χ4v) is 5.70. The van der Waals surface area contributed by atoms with Gasteiger partial charge in [0.05, 0.1) is 16.3 Å². The molecule has 2 aromatic rings. The topological polar surface area (TPSA) is 83.6 Å². The van der Waals surface area contributed by atoms with E-state index in [0.717, 1.165) is 12.0 Å². The third kappa shape index (κ3) is 3.71. The van der Waals surface area contributed by atoms with Crippen molar-refractivity contribution in [1.82, 2.24) is 0 Å². The number of nitrogens with one attached hydrogen (secondary N) is 1. The zero-order valence-corrected chi connectivity index (χ0v) is 16.4. The maximum Gasteiger partial charge on any atom is 0.261 e. The zero-order valence-electron chi connectivity index (χ0n) is 14.8. The van der Waals surface area contributed by atoms with E-state index in [2.05, 4.69) is 4.72 Å². The number of aryl methyl sites for hydroxylation is 2.